The second-order valence-electron chi connectivity index (χ2n) is 16.2. The van der Waals surface area contributed by atoms with E-state index in [4.69, 9.17) is 0 Å². The van der Waals surface area contributed by atoms with Crippen LogP contribution in [0.1, 0.15) is 0 Å². The summed E-state index contributed by atoms with van der Waals surface area (Å²) in [6.07, 6.45) is 0. The van der Waals surface area contributed by atoms with Crippen molar-refractivity contribution in [1.82, 2.24) is 13.7 Å². The Kier molecular flexibility index (Phi) is 7.31. The number of fused-ring (bicyclic) bond motifs is 10. The van der Waals surface area contributed by atoms with Gasteiger partial charge in [0.15, 0.2) is 0 Å². The maximum Gasteiger partial charge on any atom is 0.0562 e. The van der Waals surface area contributed by atoms with Crippen molar-refractivity contribution in [3.8, 4) is 39.3 Å². The van der Waals surface area contributed by atoms with Crippen LogP contribution >= 0.6 is 0 Å². The zero-order valence-corrected chi connectivity index (χ0v) is 33.2. The summed E-state index contributed by atoms with van der Waals surface area (Å²) in [7, 11) is 0. The summed E-state index contributed by atoms with van der Waals surface area (Å²) in [6.45, 7) is 0. The summed E-state index contributed by atoms with van der Waals surface area (Å²) in [6, 6.07) is 82.3. The van der Waals surface area contributed by atoms with Crippen LogP contribution in [0, 0.1) is 0 Å². The van der Waals surface area contributed by atoms with Gasteiger partial charge in [-0.25, -0.2) is 0 Å². The molecule has 0 amide bonds. The number of nitrogens with zero attached hydrogens (tertiary/aromatic N) is 3. The van der Waals surface area contributed by atoms with Gasteiger partial charge in [-0.3, -0.25) is 0 Å². The molecule has 3 aromatic heterocycles. The fraction of sp³-hybridized carbons (Fsp3) is 0. The van der Waals surface area contributed by atoms with E-state index in [9.17, 15) is 0 Å². The highest BCUT2D eigenvalue weighted by atomic mass is 15.0. The first-order valence-electron chi connectivity index (χ1n) is 21.0. The highest BCUT2D eigenvalue weighted by Gasteiger charge is 2.20. The summed E-state index contributed by atoms with van der Waals surface area (Å²) in [5.41, 5.74) is 15.5. The number of aromatic nitrogens is 3. The molecule has 0 aliphatic rings. The van der Waals surface area contributed by atoms with Gasteiger partial charge in [-0.15, -0.1) is 0 Å². The Hall–Kier alpha value is -8.14. The molecule has 3 heterocycles. The van der Waals surface area contributed by atoms with Crippen LogP contribution in [0.25, 0.3) is 116 Å². The number of hydrogen-bond acceptors (Lipinski definition) is 0. The van der Waals surface area contributed by atoms with Crippen LogP contribution in [-0.4, -0.2) is 13.7 Å². The van der Waals surface area contributed by atoms with Gasteiger partial charge in [-0.2, -0.15) is 0 Å². The molecule has 0 saturated heterocycles. The number of benzene rings is 10. The monoisotopic (exact) mass is 775 g/mol. The number of rotatable bonds is 5. The highest BCUT2D eigenvalue weighted by Crippen LogP contribution is 2.42. The molecule has 0 fully saturated rings. The topological polar surface area (TPSA) is 14.8 Å². The summed E-state index contributed by atoms with van der Waals surface area (Å²) in [4.78, 5) is 0. The molecule has 0 saturated carbocycles. The van der Waals surface area contributed by atoms with E-state index in [0.29, 0.717) is 0 Å². The van der Waals surface area contributed by atoms with E-state index >= 15 is 0 Å². The van der Waals surface area contributed by atoms with Crippen molar-refractivity contribution < 1.29 is 0 Å². The minimum absolute atomic E-state index is 1.14. The third-order valence-corrected chi connectivity index (χ3v) is 12.8. The average Bonchev–Trinajstić information content (AvgIpc) is 3.96. The van der Waals surface area contributed by atoms with Crippen LogP contribution in [0.3, 0.4) is 0 Å². The Balaban J connectivity index is 1.04. The van der Waals surface area contributed by atoms with E-state index in [1.54, 1.807) is 0 Å². The van der Waals surface area contributed by atoms with Crippen LogP contribution in [-0.2, 0) is 0 Å². The lowest BCUT2D eigenvalue weighted by molar-refractivity contribution is 1.16. The first-order valence-corrected chi connectivity index (χ1v) is 21.0. The largest absolute Gasteiger partial charge is 0.309 e. The smallest absolute Gasteiger partial charge is 0.0562 e. The molecule has 0 atom stereocenters. The van der Waals surface area contributed by atoms with Crippen molar-refractivity contribution in [2.45, 2.75) is 0 Å². The molecule has 0 bridgehead atoms. The van der Waals surface area contributed by atoms with Gasteiger partial charge in [0.2, 0.25) is 0 Å². The fourth-order valence-electron chi connectivity index (χ4n) is 9.97. The third kappa shape index (κ3) is 5.17. The van der Waals surface area contributed by atoms with Crippen LogP contribution in [0.2, 0.25) is 0 Å². The van der Waals surface area contributed by atoms with Crippen molar-refractivity contribution in [2.75, 3.05) is 0 Å². The van der Waals surface area contributed by atoms with E-state index in [1.807, 2.05) is 0 Å². The normalized spacial score (nSPS) is 11.9. The molecule has 13 rings (SSSR count). The Bertz CT molecular complexity index is 3850. The molecule has 61 heavy (non-hydrogen) atoms. The molecule has 0 spiro atoms. The highest BCUT2D eigenvalue weighted by molar-refractivity contribution is 6.20. The summed E-state index contributed by atoms with van der Waals surface area (Å²) >= 11 is 0. The van der Waals surface area contributed by atoms with E-state index in [0.717, 1.165) is 11.4 Å². The lowest BCUT2D eigenvalue weighted by Gasteiger charge is -2.11. The number of hydrogen-bond donors (Lipinski definition) is 0. The van der Waals surface area contributed by atoms with Crippen LogP contribution in [0.4, 0.5) is 0 Å². The first kappa shape index (κ1) is 33.8. The van der Waals surface area contributed by atoms with Gasteiger partial charge in [0.05, 0.1) is 33.1 Å². The molecule has 0 aliphatic heterocycles. The van der Waals surface area contributed by atoms with Gasteiger partial charge < -0.3 is 13.7 Å². The van der Waals surface area contributed by atoms with Gasteiger partial charge in [0, 0.05) is 49.4 Å². The van der Waals surface area contributed by atoms with Crippen LogP contribution in [0.15, 0.2) is 224 Å². The van der Waals surface area contributed by atoms with Crippen molar-refractivity contribution in [1.29, 1.82) is 0 Å². The Morgan fingerprint density at radius 1 is 0.197 bits per heavy atom. The van der Waals surface area contributed by atoms with Gasteiger partial charge in [0.1, 0.15) is 0 Å². The fourth-order valence-corrected chi connectivity index (χ4v) is 9.97. The minimum atomic E-state index is 1.14. The molecule has 10 aromatic carbocycles. The van der Waals surface area contributed by atoms with Crippen molar-refractivity contribution >= 4 is 76.2 Å². The SMILES string of the molecule is c1ccc(-c2ccc(-n3c4ccc(-c5ccc6c(c5)c5ccccc5n6-c5ccc6ccccc6c5)cc4c4cc5c6ccccc6n(-c6ccccc6)c5cc43)cc2)cc1. The molecular weight excluding hydrogens is 739 g/mol. The predicted octanol–water partition coefficient (Wildman–Crippen LogP) is 15.5. The van der Waals surface area contributed by atoms with Crippen molar-refractivity contribution in [3.63, 3.8) is 0 Å². The zero-order valence-electron chi connectivity index (χ0n) is 33.2. The molecule has 13 aromatic rings. The van der Waals surface area contributed by atoms with E-state index in [-0.39, 0.29) is 0 Å². The maximum atomic E-state index is 2.45. The summed E-state index contributed by atoms with van der Waals surface area (Å²) < 4.78 is 7.29. The molecule has 3 heteroatoms. The third-order valence-electron chi connectivity index (χ3n) is 12.8. The first-order chi connectivity index (χ1) is 30.2. The zero-order chi connectivity index (χ0) is 40.0. The molecule has 0 radical (unpaired) electrons. The Morgan fingerprint density at radius 3 is 1.28 bits per heavy atom. The van der Waals surface area contributed by atoms with E-state index in [1.165, 1.54) is 104 Å². The number of para-hydroxylation sites is 3. The van der Waals surface area contributed by atoms with Gasteiger partial charge in [-0.05, 0) is 118 Å². The maximum absolute atomic E-state index is 2.45. The minimum Gasteiger partial charge on any atom is -0.309 e. The van der Waals surface area contributed by atoms with E-state index < -0.39 is 0 Å². The predicted molar refractivity (Wildman–Crippen MR) is 258 cm³/mol. The summed E-state index contributed by atoms with van der Waals surface area (Å²) in [5.74, 6) is 0. The van der Waals surface area contributed by atoms with Gasteiger partial charge >= 0.3 is 0 Å². The summed E-state index contributed by atoms with van der Waals surface area (Å²) in [5, 5.41) is 9.96. The Labute approximate surface area is 352 Å². The quantitative estimate of drug-likeness (QED) is 0.165. The standard InChI is InChI=1S/C58H37N3/c1-3-13-38(14-4-1)40-23-28-45(29-24-40)60-56-32-27-43(35-50(56)52-36-51-48-20-10-11-21-53(48)59(57(51)37-58(52)60)44-17-5-2-6-18-44)42-26-31-55-49(34-42)47-19-9-12-22-54(47)61(55)46-30-25-39-15-7-8-16-41(39)33-46/h1-37H. The lowest BCUT2D eigenvalue weighted by Crippen LogP contribution is -1.96. The lowest BCUT2D eigenvalue weighted by atomic mass is 10.00. The Morgan fingerprint density at radius 2 is 0.623 bits per heavy atom. The molecule has 0 N–H and O–H groups in total. The molecule has 284 valence electrons. The molecule has 0 aliphatic carbocycles. The molecule has 3 nitrogen and oxygen atoms in total. The second kappa shape index (κ2) is 13.2. The van der Waals surface area contributed by atoms with Crippen LogP contribution in [0.5, 0.6) is 0 Å². The molecule has 0 unspecified atom stereocenters. The van der Waals surface area contributed by atoms with Crippen molar-refractivity contribution in [3.05, 3.63) is 224 Å². The molecular formula is C58H37N3. The van der Waals surface area contributed by atoms with E-state index in [2.05, 4.69) is 238 Å². The van der Waals surface area contributed by atoms with Crippen LogP contribution < -0.4 is 0 Å². The second-order valence-corrected chi connectivity index (χ2v) is 16.2. The average molecular weight is 776 g/mol. The van der Waals surface area contributed by atoms with Gasteiger partial charge in [-0.1, -0.05) is 140 Å². The van der Waals surface area contributed by atoms with Crippen molar-refractivity contribution in [2.24, 2.45) is 0 Å². The van der Waals surface area contributed by atoms with Gasteiger partial charge in [0.25, 0.3) is 0 Å².